The van der Waals surface area contributed by atoms with Crippen LogP contribution < -0.4 is 14.9 Å². The molecule has 8 heteroatoms. The van der Waals surface area contributed by atoms with E-state index < -0.39 is 10.0 Å². The maximum Gasteiger partial charge on any atom is 0.257 e. The average Bonchev–Trinajstić information content (AvgIpc) is 3.52. The Morgan fingerprint density at radius 2 is 1.86 bits per heavy atom. The van der Waals surface area contributed by atoms with Crippen molar-refractivity contribution in [1.82, 2.24) is 9.71 Å². The van der Waals surface area contributed by atoms with Crippen LogP contribution in [0.15, 0.2) is 41.4 Å². The van der Waals surface area contributed by atoms with Gasteiger partial charge in [0.05, 0.1) is 16.8 Å². The minimum absolute atomic E-state index is 0.0150. The van der Waals surface area contributed by atoms with Crippen molar-refractivity contribution in [2.75, 3.05) is 23.3 Å². The van der Waals surface area contributed by atoms with E-state index in [2.05, 4.69) is 19.9 Å². The van der Waals surface area contributed by atoms with Gasteiger partial charge in [0, 0.05) is 24.7 Å². The van der Waals surface area contributed by atoms with Gasteiger partial charge in [-0.05, 0) is 68.9 Å². The lowest BCUT2D eigenvalue weighted by molar-refractivity contribution is 0.102. The largest absolute Gasteiger partial charge is 0.370 e. The molecule has 2 N–H and O–H groups in total. The Bertz CT molecular complexity index is 995. The molecule has 4 rings (SSSR count). The second-order valence-corrected chi connectivity index (χ2v) is 9.49. The Labute approximate surface area is 171 Å². The molecule has 1 aliphatic heterocycles. The molecule has 2 fully saturated rings. The van der Waals surface area contributed by atoms with Gasteiger partial charge >= 0.3 is 0 Å². The maximum atomic E-state index is 12.8. The van der Waals surface area contributed by atoms with E-state index >= 15 is 0 Å². The number of carbonyl (C=O) groups excluding carboxylic acids is 1. The second-order valence-electron chi connectivity index (χ2n) is 7.78. The fourth-order valence-corrected chi connectivity index (χ4v) is 4.82. The number of rotatable bonds is 6. The minimum Gasteiger partial charge on any atom is -0.370 e. The summed E-state index contributed by atoms with van der Waals surface area (Å²) in [5.74, 6) is 0.0729. The van der Waals surface area contributed by atoms with E-state index in [-0.39, 0.29) is 16.8 Å². The molecular formula is C21H26N4O3S. The lowest BCUT2D eigenvalue weighted by Crippen LogP contribution is -2.29. The lowest BCUT2D eigenvalue weighted by atomic mass is 10.1. The number of benzene rings is 1. The normalized spacial score (nSPS) is 17.2. The minimum atomic E-state index is -3.61. The van der Waals surface area contributed by atoms with Gasteiger partial charge in [-0.25, -0.2) is 18.1 Å². The third-order valence-electron chi connectivity index (χ3n) is 5.37. The monoisotopic (exact) mass is 414 g/mol. The fourth-order valence-electron chi connectivity index (χ4n) is 3.48. The molecule has 2 aliphatic rings. The van der Waals surface area contributed by atoms with Crippen molar-refractivity contribution in [2.24, 2.45) is 0 Å². The first-order chi connectivity index (χ1) is 13.9. The van der Waals surface area contributed by atoms with E-state index in [0.717, 1.165) is 31.6 Å². The molecule has 0 atom stereocenters. The van der Waals surface area contributed by atoms with Crippen molar-refractivity contribution in [1.29, 1.82) is 0 Å². The first-order valence-electron chi connectivity index (χ1n) is 10.1. The van der Waals surface area contributed by atoms with E-state index in [1.165, 1.54) is 31.4 Å². The molecule has 1 amide bonds. The first kappa shape index (κ1) is 19.8. The number of pyridine rings is 1. The third-order valence-corrected chi connectivity index (χ3v) is 6.89. The van der Waals surface area contributed by atoms with E-state index in [4.69, 9.17) is 0 Å². The summed E-state index contributed by atoms with van der Waals surface area (Å²) in [5.41, 5.74) is 2.08. The molecule has 2 aromatic rings. The number of carbonyl (C=O) groups is 1. The number of aromatic nitrogens is 1. The van der Waals surface area contributed by atoms with Crippen LogP contribution in [0.1, 0.15) is 48.0 Å². The predicted octanol–water partition coefficient (Wildman–Crippen LogP) is 3.07. The number of hydrogen-bond donors (Lipinski definition) is 2. The van der Waals surface area contributed by atoms with Crippen LogP contribution in [-0.2, 0) is 10.0 Å². The summed E-state index contributed by atoms with van der Waals surface area (Å²) in [6, 6.07) is 8.37. The van der Waals surface area contributed by atoms with Gasteiger partial charge < -0.3 is 10.2 Å². The summed E-state index contributed by atoms with van der Waals surface area (Å²) in [6.45, 7) is 3.85. The van der Waals surface area contributed by atoms with Gasteiger partial charge in [-0.1, -0.05) is 6.07 Å². The lowest BCUT2D eigenvalue weighted by Gasteiger charge is -2.28. The molecule has 0 spiro atoms. The van der Waals surface area contributed by atoms with Crippen molar-refractivity contribution < 1.29 is 13.2 Å². The van der Waals surface area contributed by atoms with Crippen LogP contribution in [0.25, 0.3) is 0 Å². The number of piperidine rings is 1. The average molecular weight is 415 g/mol. The number of hydrogen-bond acceptors (Lipinski definition) is 5. The van der Waals surface area contributed by atoms with Crippen molar-refractivity contribution in [3.63, 3.8) is 0 Å². The van der Waals surface area contributed by atoms with Gasteiger partial charge in [0.15, 0.2) is 0 Å². The highest BCUT2D eigenvalue weighted by Crippen LogP contribution is 2.24. The SMILES string of the molecule is Cc1ccc(S(=O)(=O)NC2CC2)cc1C(=O)Nc1ccc(N2CCCCC2)cn1. The first-order valence-corrected chi connectivity index (χ1v) is 11.6. The van der Waals surface area contributed by atoms with Crippen LogP contribution in [0.5, 0.6) is 0 Å². The standard InChI is InChI=1S/C21H26N4O3S/c1-15-5-9-18(29(27,28)24-16-6-7-16)13-19(15)21(26)23-20-10-8-17(14-22-20)25-11-3-2-4-12-25/h5,8-10,13-14,16,24H,2-4,6-7,11-12H2,1H3,(H,22,23,26). The quantitative estimate of drug-likeness (QED) is 0.758. The van der Waals surface area contributed by atoms with Crippen LogP contribution in [0.4, 0.5) is 11.5 Å². The summed E-state index contributed by atoms with van der Waals surface area (Å²) < 4.78 is 27.6. The Morgan fingerprint density at radius 3 is 2.52 bits per heavy atom. The van der Waals surface area contributed by atoms with E-state index in [1.807, 2.05) is 6.07 Å². The van der Waals surface area contributed by atoms with Crippen molar-refractivity contribution in [3.05, 3.63) is 47.7 Å². The molecule has 2 heterocycles. The van der Waals surface area contributed by atoms with Crippen molar-refractivity contribution >= 4 is 27.4 Å². The van der Waals surface area contributed by atoms with Crippen molar-refractivity contribution in [3.8, 4) is 0 Å². The summed E-state index contributed by atoms with van der Waals surface area (Å²) >= 11 is 0. The van der Waals surface area contributed by atoms with Crippen LogP contribution in [-0.4, -0.2) is 38.4 Å². The van der Waals surface area contributed by atoms with E-state index in [1.54, 1.807) is 25.3 Å². The highest BCUT2D eigenvalue weighted by Gasteiger charge is 2.28. The molecule has 1 aromatic carbocycles. The third kappa shape index (κ3) is 4.76. The molecule has 1 aromatic heterocycles. The molecular weight excluding hydrogens is 388 g/mol. The van der Waals surface area contributed by atoms with Gasteiger partial charge in [-0.15, -0.1) is 0 Å². The highest BCUT2D eigenvalue weighted by molar-refractivity contribution is 7.89. The molecule has 1 saturated heterocycles. The zero-order chi connectivity index (χ0) is 20.4. The summed E-state index contributed by atoms with van der Waals surface area (Å²) in [4.78, 5) is 19.5. The van der Waals surface area contributed by atoms with Gasteiger partial charge in [0.25, 0.3) is 5.91 Å². The van der Waals surface area contributed by atoms with Crippen molar-refractivity contribution in [2.45, 2.75) is 50.0 Å². The molecule has 0 unspecified atom stereocenters. The van der Waals surface area contributed by atoms with Gasteiger partial charge in [-0.3, -0.25) is 4.79 Å². The maximum absolute atomic E-state index is 12.8. The Morgan fingerprint density at radius 1 is 1.10 bits per heavy atom. The van der Waals surface area contributed by atoms with Gasteiger partial charge in [0.1, 0.15) is 5.82 Å². The molecule has 1 saturated carbocycles. The van der Waals surface area contributed by atoms with Gasteiger partial charge in [-0.2, -0.15) is 0 Å². The number of sulfonamides is 1. The molecule has 154 valence electrons. The molecule has 7 nitrogen and oxygen atoms in total. The Hall–Kier alpha value is -2.45. The zero-order valence-electron chi connectivity index (χ0n) is 16.5. The Kier molecular flexibility index (Phi) is 5.56. The van der Waals surface area contributed by atoms with E-state index in [0.29, 0.717) is 16.9 Å². The summed E-state index contributed by atoms with van der Waals surface area (Å²) in [7, 11) is -3.61. The van der Waals surface area contributed by atoms with E-state index in [9.17, 15) is 13.2 Å². The van der Waals surface area contributed by atoms with Crippen LogP contribution in [0, 0.1) is 6.92 Å². The summed E-state index contributed by atoms with van der Waals surface area (Å²) in [5, 5.41) is 2.78. The smallest absolute Gasteiger partial charge is 0.257 e. The highest BCUT2D eigenvalue weighted by atomic mass is 32.2. The van der Waals surface area contributed by atoms with Crippen LogP contribution in [0.3, 0.4) is 0 Å². The van der Waals surface area contributed by atoms with Gasteiger partial charge in [0.2, 0.25) is 10.0 Å². The number of anilines is 2. The van der Waals surface area contributed by atoms with Crippen LogP contribution >= 0.6 is 0 Å². The zero-order valence-corrected chi connectivity index (χ0v) is 17.3. The molecule has 29 heavy (non-hydrogen) atoms. The number of nitrogens with one attached hydrogen (secondary N) is 2. The molecule has 0 bridgehead atoms. The predicted molar refractivity (Wildman–Crippen MR) is 113 cm³/mol. The molecule has 0 radical (unpaired) electrons. The molecule has 1 aliphatic carbocycles. The second kappa shape index (κ2) is 8.12. The number of nitrogens with zero attached hydrogens (tertiary/aromatic N) is 2. The summed E-state index contributed by atoms with van der Waals surface area (Å²) in [6.07, 6.45) is 7.13. The Balaban J connectivity index is 1.48. The topological polar surface area (TPSA) is 91.4 Å². The fraction of sp³-hybridized carbons (Fsp3) is 0.429. The number of amides is 1. The van der Waals surface area contributed by atoms with Crippen LogP contribution in [0.2, 0.25) is 0 Å². The number of aryl methyl sites for hydroxylation is 1.